The number of hydrogen-bond donors (Lipinski definition) is 2. The van der Waals surface area contributed by atoms with Gasteiger partial charge in [0.05, 0.1) is 12.1 Å². The zero-order valence-electron chi connectivity index (χ0n) is 9.74. The highest BCUT2D eigenvalue weighted by Gasteiger charge is 2.10. The van der Waals surface area contributed by atoms with Crippen molar-refractivity contribution in [1.82, 2.24) is 5.32 Å². The highest BCUT2D eigenvalue weighted by molar-refractivity contribution is 9.10. The minimum Gasteiger partial charge on any atom is -0.347 e. The zero-order valence-corrected chi connectivity index (χ0v) is 13.0. The van der Waals surface area contributed by atoms with Gasteiger partial charge in [0.2, 0.25) is 0 Å². The monoisotopic (exact) mass is 341 g/mol. The number of rotatable bonds is 3. The van der Waals surface area contributed by atoms with Crippen LogP contribution in [0.15, 0.2) is 39.7 Å². The van der Waals surface area contributed by atoms with Gasteiger partial charge in [-0.25, -0.2) is 0 Å². The summed E-state index contributed by atoms with van der Waals surface area (Å²) in [6, 6.07) is 9.50. The van der Waals surface area contributed by atoms with Crippen LogP contribution in [0.25, 0.3) is 0 Å². The summed E-state index contributed by atoms with van der Waals surface area (Å²) in [7, 11) is 0. The smallest absolute Gasteiger partial charge is 0.252 e. The Kier molecular flexibility index (Phi) is 4.48. The van der Waals surface area contributed by atoms with Gasteiger partial charge < -0.3 is 5.32 Å². The number of aryl methyl sites for hydroxylation is 1. The first-order valence-corrected chi connectivity index (χ1v) is 7.44. The average Bonchev–Trinajstić information content (AvgIpc) is 2.75. The van der Waals surface area contributed by atoms with Gasteiger partial charge in [-0.05, 0) is 53.2 Å². The van der Waals surface area contributed by atoms with Crippen LogP contribution in [0.3, 0.4) is 0 Å². The highest BCUT2D eigenvalue weighted by atomic mass is 79.9. The largest absolute Gasteiger partial charge is 0.347 e. The highest BCUT2D eigenvalue weighted by Crippen LogP contribution is 2.20. The first-order chi connectivity index (χ1) is 8.56. The van der Waals surface area contributed by atoms with Crippen LogP contribution in [-0.4, -0.2) is 5.91 Å². The van der Waals surface area contributed by atoms with Crippen molar-refractivity contribution in [3.63, 3.8) is 0 Å². The fourth-order valence-electron chi connectivity index (χ4n) is 1.53. The molecule has 2 rings (SSSR count). The number of thiol groups is 1. The number of carbonyl (C=O) groups excluding carboxylic acids is 1. The molecule has 0 aliphatic carbocycles. The molecule has 0 aliphatic rings. The van der Waals surface area contributed by atoms with Gasteiger partial charge in [-0.3, -0.25) is 4.79 Å². The Morgan fingerprint density at radius 3 is 2.83 bits per heavy atom. The summed E-state index contributed by atoms with van der Waals surface area (Å²) in [4.78, 5) is 15.2. The van der Waals surface area contributed by atoms with Crippen molar-refractivity contribution >= 4 is 45.8 Å². The van der Waals surface area contributed by atoms with Gasteiger partial charge in [0.1, 0.15) is 0 Å². The van der Waals surface area contributed by atoms with E-state index in [1.807, 2.05) is 18.2 Å². The second kappa shape index (κ2) is 5.91. The first-order valence-electron chi connectivity index (χ1n) is 5.38. The molecule has 0 aliphatic heterocycles. The maximum atomic E-state index is 12.0. The minimum absolute atomic E-state index is 0.0937. The first kappa shape index (κ1) is 13.6. The Morgan fingerprint density at radius 1 is 1.39 bits per heavy atom. The number of benzene rings is 1. The van der Waals surface area contributed by atoms with Crippen LogP contribution in [0.2, 0.25) is 0 Å². The molecule has 1 N–H and O–H groups in total. The zero-order chi connectivity index (χ0) is 13.1. The third-order valence-corrected chi connectivity index (χ3v) is 4.38. The van der Waals surface area contributed by atoms with E-state index in [1.165, 1.54) is 4.88 Å². The Labute approximate surface area is 124 Å². The molecule has 0 spiro atoms. The molecule has 1 heterocycles. The molecule has 5 heteroatoms. The molecule has 1 aromatic heterocycles. The molecular formula is C13H12BrNOS2. The standard InChI is InChI=1S/C13H12BrNOS2/c1-8-2-4-10(18-8)7-15-13(16)11-6-9(17)3-5-12(11)14/h2-6,17H,7H2,1H3,(H,15,16). The minimum atomic E-state index is -0.0937. The second-order valence-electron chi connectivity index (χ2n) is 3.86. The number of halogens is 1. The summed E-state index contributed by atoms with van der Waals surface area (Å²) < 4.78 is 0.778. The van der Waals surface area contributed by atoms with Crippen molar-refractivity contribution in [2.45, 2.75) is 18.4 Å². The summed E-state index contributed by atoms with van der Waals surface area (Å²) in [6.07, 6.45) is 0. The number of nitrogens with one attached hydrogen (secondary N) is 1. The molecule has 0 unspecified atom stereocenters. The van der Waals surface area contributed by atoms with Crippen LogP contribution in [-0.2, 0) is 6.54 Å². The van der Waals surface area contributed by atoms with Gasteiger partial charge in [-0.1, -0.05) is 0 Å². The molecular weight excluding hydrogens is 330 g/mol. The van der Waals surface area contributed by atoms with E-state index >= 15 is 0 Å². The molecule has 1 aromatic carbocycles. The van der Waals surface area contributed by atoms with Crippen molar-refractivity contribution in [2.75, 3.05) is 0 Å². The van der Waals surface area contributed by atoms with Crippen LogP contribution in [0.5, 0.6) is 0 Å². The summed E-state index contributed by atoms with van der Waals surface area (Å²) >= 11 is 9.30. The lowest BCUT2D eigenvalue weighted by Crippen LogP contribution is -2.22. The maximum Gasteiger partial charge on any atom is 0.252 e. The number of carbonyl (C=O) groups is 1. The van der Waals surface area contributed by atoms with Gasteiger partial charge >= 0.3 is 0 Å². The average molecular weight is 342 g/mol. The lowest BCUT2D eigenvalue weighted by atomic mass is 10.2. The van der Waals surface area contributed by atoms with Crippen molar-refractivity contribution in [2.24, 2.45) is 0 Å². The summed E-state index contributed by atoms with van der Waals surface area (Å²) in [5.74, 6) is -0.0937. The molecule has 0 fully saturated rings. The van der Waals surface area contributed by atoms with Gasteiger partial charge in [-0.2, -0.15) is 0 Å². The fraction of sp³-hybridized carbons (Fsp3) is 0.154. The van der Waals surface area contributed by atoms with E-state index in [9.17, 15) is 4.79 Å². The SMILES string of the molecule is Cc1ccc(CNC(=O)c2cc(S)ccc2Br)s1. The molecule has 18 heavy (non-hydrogen) atoms. The van der Waals surface area contributed by atoms with E-state index < -0.39 is 0 Å². The molecule has 0 radical (unpaired) electrons. The Bertz CT molecular complexity index is 580. The van der Waals surface area contributed by atoms with E-state index in [0.29, 0.717) is 12.1 Å². The topological polar surface area (TPSA) is 29.1 Å². The summed E-state index contributed by atoms with van der Waals surface area (Å²) in [6.45, 7) is 2.61. The molecule has 94 valence electrons. The third kappa shape index (κ3) is 3.37. The van der Waals surface area contributed by atoms with Crippen LogP contribution < -0.4 is 5.32 Å². The van der Waals surface area contributed by atoms with E-state index in [2.05, 4.69) is 46.9 Å². The van der Waals surface area contributed by atoms with Crippen molar-refractivity contribution in [1.29, 1.82) is 0 Å². The second-order valence-corrected chi connectivity index (χ2v) is 6.60. The molecule has 2 aromatic rings. The van der Waals surface area contributed by atoms with Gasteiger partial charge in [-0.15, -0.1) is 24.0 Å². The van der Waals surface area contributed by atoms with Gasteiger partial charge in [0.15, 0.2) is 0 Å². The van der Waals surface area contributed by atoms with E-state index in [-0.39, 0.29) is 5.91 Å². The van der Waals surface area contributed by atoms with Crippen molar-refractivity contribution < 1.29 is 4.79 Å². The Hall–Kier alpha value is -0.780. The quantitative estimate of drug-likeness (QED) is 0.810. The van der Waals surface area contributed by atoms with Crippen molar-refractivity contribution in [3.8, 4) is 0 Å². The Balaban J connectivity index is 2.05. The summed E-state index contributed by atoms with van der Waals surface area (Å²) in [5.41, 5.74) is 0.607. The van der Waals surface area contributed by atoms with Crippen LogP contribution >= 0.6 is 39.9 Å². The van der Waals surface area contributed by atoms with E-state index in [0.717, 1.165) is 14.2 Å². The number of hydrogen-bond acceptors (Lipinski definition) is 3. The number of amides is 1. The molecule has 0 saturated carbocycles. The van der Waals surface area contributed by atoms with Gasteiger partial charge in [0, 0.05) is 19.1 Å². The molecule has 0 bridgehead atoms. The maximum absolute atomic E-state index is 12.0. The third-order valence-electron chi connectivity index (χ3n) is 2.41. The molecule has 0 atom stereocenters. The van der Waals surface area contributed by atoms with Crippen LogP contribution in [0, 0.1) is 6.92 Å². The lowest BCUT2D eigenvalue weighted by molar-refractivity contribution is 0.0950. The number of thiophene rings is 1. The van der Waals surface area contributed by atoms with Gasteiger partial charge in [0.25, 0.3) is 5.91 Å². The molecule has 0 saturated heterocycles. The van der Waals surface area contributed by atoms with Crippen LogP contribution in [0.1, 0.15) is 20.1 Å². The Morgan fingerprint density at radius 2 is 2.17 bits per heavy atom. The van der Waals surface area contributed by atoms with Crippen molar-refractivity contribution in [3.05, 3.63) is 50.1 Å². The predicted molar refractivity (Wildman–Crippen MR) is 81.6 cm³/mol. The van der Waals surface area contributed by atoms with E-state index in [1.54, 1.807) is 17.4 Å². The van der Waals surface area contributed by atoms with Crippen LogP contribution in [0.4, 0.5) is 0 Å². The normalized spacial score (nSPS) is 10.4. The molecule has 1 amide bonds. The fourth-order valence-corrected chi connectivity index (χ4v) is 2.99. The predicted octanol–water partition coefficient (Wildman–Crippen LogP) is 4.04. The summed E-state index contributed by atoms with van der Waals surface area (Å²) in [5, 5.41) is 2.90. The molecule has 2 nitrogen and oxygen atoms in total. The lowest BCUT2D eigenvalue weighted by Gasteiger charge is -2.06. The van der Waals surface area contributed by atoms with E-state index in [4.69, 9.17) is 0 Å².